The number of nitrogens with zero attached hydrogens (tertiary/aromatic N) is 2. The molecule has 27 heavy (non-hydrogen) atoms. The molecule has 8 heteroatoms. The molecule has 0 aliphatic heterocycles. The van der Waals surface area contributed by atoms with Crippen LogP contribution in [0, 0.1) is 6.92 Å². The molecule has 8 nitrogen and oxygen atoms in total. The van der Waals surface area contributed by atoms with Crippen LogP contribution in [0.25, 0.3) is 0 Å². The van der Waals surface area contributed by atoms with E-state index in [1.54, 1.807) is 23.9 Å². The van der Waals surface area contributed by atoms with Crippen LogP contribution in [0.3, 0.4) is 0 Å². The van der Waals surface area contributed by atoms with Gasteiger partial charge in [-0.05, 0) is 31.4 Å². The molecular weight excluding hydrogens is 348 g/mol. The Bertz CT molecular complexity index is 869. The fraction of sp³-hybridized carbons (Fsp3) is 0.474. The highest BCUT2D eigenvalue weighted by Crippen LogP contribution is 2.21. The van der Waals surface area contributed by atoms with E-state index < -0.39 is 11.5 Å². The minimum atomic E-state index is -0.640. The summed E-state index contributed by atoms with van der Waals surface area (Å²) in [6.07, 6.45) is 5.83. The lowest BCUT2D eigenvalue weighted by Gasteiger charge is -2.11. The van der Waals surface area contributed by atoms with Crippen molar-refractivity contribution in [2.24, 2.45) is 5.73 Å². The Morgan fingerprint density at radius 1 is 1.41 bits per heavy atom. The Balaban J connectivity index is 2.09. The van der Waals surface area contributed by atoms with E-state index in [1.165, 1.54) is 6.20 Å². The molecule has 0 aliphatic carbocycles. The predicted octanol–water partition coefficient (Wildman–Crippen LogP) is 2.57. The number of rotatable bonds is 9. The minimum absolute atomic E-state index is 0.0103. The highest BCUT2D eigenvalue weighted by Gasteiger charge is 2.19. The first-order valence-corrected chi connectivity index (χ1v) is 9.08. The number of nitrogens with one attached hydrogen (secondary N) is 1. The number of nitrogens with two attached hydrogens (primary N) is 1. The normalized spacial score (nSPS) is 12.0. The molecule has 0 radical (unpaired) electrons. The Kier molecular flexibility index (Phi) is 6.92. The maximum atomic E-state index is 12.5. The van der Waals surface area contributed by atoms with Gasteiger partial charge in [0.15, 0.2) is 0 Å². The van der Waals surface area contributed by atoms with Gasteiger partial charge < -0.3 is 15.5 Å². The molecule has 0 saturated heterocycles. The van der Waals surface area contributed by atoms with Crippen LogP contribution in [0.2, 0.25) is 0 Å². The summed E-state index contributed by atoms with van der Waals surface area (Å²) in [7, 11) is 0. The van der Waals surface area contributed by atoms with Crippen molar-refractivity contribution in [2.45, 2.75) is 58.9 Å². The van der Waals surface area contributed by atoms with E-state index in [-0.39, 0.29) is 23.8 Å². The number of aryl methyl sites for hydroxylation is 2. The van der Waals surface area contributed by atoms with Gasteiger partial charge in [0.2, 0.25) is 5.91 Å². The van der Waals surface area contributed by atoms with E-state index in [4.69, 9.17) is 10.2 Å². The second kappa shape index (κ2) is 9.16. The van der Waals surface area contributed by atoms with E-state index in [9.17, 15) is 14.4 Å². The van der Waals surface area contributed by atoms with Crippen LogP contribution >= 0.6 is 0 Å². The van der Waals surface area contributed by atoms with Crippen molar-refractivity contribution in [3.63, 3.8) is 0 Å². The smallest absolute Gasteiger partial charge is 0.349 e. The zero-order valence-electron chi connectivity index (χ0n) is 15.9. The van der Waals surface area contributed by atoms with Crippen LogP contribution in [-0.2, 0) is 11.3 Å². The fourth-order valence-electron chi connectivity index (χ4n) is 2.88. The molecule has 1 unspecified atom stereocenters. The topological polar surface area (TPSA) is 120 Å². The standard InChI is InChI=1S/C19H26N4O4/c1-4-6-12(2)15-9-13(3)17(19(26)27-15)18(25)22-14-10-21-23(11-14)8-5-7-16(20)24/h9-12H,4-8H2,1-3H3,(H2,20,24)(H,22,25). The van der Waals surface area contributed by atoms with Gasteiger partial charge >= 0.3 is 5.63 Å². The third kappa shape index (κ3) is 5.54. The molecule has 1 atom stereocenters. The molecule has 0 spiro atoms. The van der Waals surface area contributed by atoms with Gasteiger partial charge in [0.1, 0.15) is 11.3 Å². The number of amides is 2. The predicted molar refractivity (Wildman–Crippen MR) is 102 cm³/mol. The third-order valence-corrected chi connectivity index (χ3v) is 4.30. The molecule has 2 amide bonds. The Hall–Kier alpha value is -2.90. The molecule has 2 rings (SSSR count). The van der Waals surface area contributed by atoms with Crippen molar-refractivity contribution >= 4 is 17.5 Å². The second-order valence-electron chi connectivity index (χ2n) is 6.70. The molecule has 0 aliphatic rings. The van der Waals surface area contributed by atoms with Crippen LogP contribution in [0.5, 0.6) is 0 Å². The fourth-order valence-corrected chi connectivity index (χ4v) is 2.88. The first-order valence-electron chi connectivity index (χ1n) is 9.08. The first kappa shape index (κ1) is 20.4. The summed E-state index contributed by atoms with van der Waals surface area (Å²) in [5.74, 6) is -0.183. The highest BCUT2D eigenvalue weighted by atomic mass is 16.4. The first-order chi connectivity index (χ1) is 12.8. The Morgan fingerprint density at radius 3 is 2.78 bits per heavy atom. The summed E-state index contributed by atoms with van der Waals surface area (Å²) in [5.41, 5.74) is 5.49. The summed E-state index contributed by atoms with van der Waals surface area (Å²) in [4.78, 5) is 35.6. The molecule has 3 N–H and O–H groups in total. The molecule has 2 heterocycles. The Labute approximate surface area is 157 Å². The van der Waals surface area contributed by atoms with Gasteiger partial charge in [-0.25, -0.2) is 4.79 Å². The van der Waals surface area contributed by atoms with Crippen LogP contribution in [0.1, 0.15) is 67.1 Å². The Morgan fingerprint density at radius 2 is 2.15 bits per heavy atom. The summed E-state index contributed by atoms with van der Waals surface area (Å²) < 4.78 is 6.96. The van der Waals surface area contributed by atoms with Gasteiger partial charge in [-0.1, -0.05) is 20.3 Å². The molecule has 0 saturated carbocycles. The van der Waals surface area contributed by atoms with Crippen molar-refractivity contribution < 1.29 is 14.0 Å². The number of anilines is 1. The van der Waals surface area contributed by atoms with E-state index in [1.807, 2.05) is 6.92 Å². The van der Waals surface area contributed by atoms with Crippen molar-refractivity contribution in [2.75, 3.05) is 5.32 Å². The summed E-state index contributed by atoms with van der Waals surface area (Å²) in [6.45, 7) is 6.29. The number of carbonyl (C=O) groups excluding carboxylic acids is 2. The number of carbonyl (C=O) groups is 2. The van der Waals surface area contributed by atoms with Crippen LogP contribution in [0.15, 0.2) is 27.7 Å². The van der Waals surface area contributed by atoms with Crippen LogP contribution in [-0.4, -0.2) is 21.6 Å². The molecular formula is C19H26N4O4. The van der Waals surface area contributed by atoms with E-state index >= 15 is 0 Å². The van der Waals surface area contributed by atoms with Gasteiger partial charge in [0.05, 0.1) is 11.9 Å². The molecule has 0 aromatic carbocycles. The van der Waals surface area contributed by atoms with E-state index in [2.05, 4.69) is 17.3 Å². The number of hydrogen-bond acceptors (Lipinski definition) is 5. The number of aromatic nitrogens is 2. The van der Waals surface area contributed by atoms with Gasteiger partial charge in [-0.2, -0.15) is 5.10 Å². The van der Waals surface area contributed by atoms with Crippen molar-refractivity contribution in [3.8, 4) is 0 Å². The average Bonchev–Trinajstić information content (AvgIpc) is 3.01. The van der Waals surface area contributed by atoms with Gasteiger partial charge in [-0.15, -0.1) is 0 Å². The van der Waals surface area contributed by atoms with Crippen LogP contribution in [0.4, 0.5) is 5.69 Å². The highest BCUT2D eigenvalue weighted by molar-refractivity contribution is 6.04. The second-order valence-corrected chi connectivity index (χ2v) is 6.70. The third-order valence-electron chi connectivity index (χ3n) is 4.30. The van der Waals surface area contributed by atoms with Crippen molar-refractivity contribution in [1.29, 1.82) is 0 Å². The summed E-state index contributed by atoms with van der Waals surface area (Å²) in [6, 6.07) is 1.75. The maximum Gasteiger partial charge on any atom is 0.349 e. The van der Waals surface area contributed by atoms with E-state index in [0.717, 1.165) is 12.8 Å². The van der Waals surface area contributed by atoms with Gasteiger partial charge in [0, 0.05) is 25.1 Å². The molecule has 0 fully saturated rings. The zero-order valence-corrected chi connectivity index (χ0v) is 15.9. The lowest BCUT2D eigenvalue weighted by atomic mass is 10.0. The average molecular weight is 374 g/mol. The lowest BCUT2D eigenvalue weighted by molar-refractivity contribution is -0.118. The number of hydrogen-bond donors (Lipinski definition) is 2. The summed E-state index contributed by atoms with van der Waals surface area (Å²) in [5, 5.41) is 6.77. The largest absolute Gasteiger partial charge is 0.427 e. The zero-order chi connectivity index (χ0) is 20.0. The van der Waals surface area contributed by atoms with Gasteiger partial charge in [-0.3, -0.25) is 14.3 Å². The molecule has 2 aromatic rings. The van der Waals surface area contributed by atoms with Crippen molar-refractivity contribution in [1.82, 2.24) is 9.78 Å². The number of primary amides is 1. The van der Waals surface area contributed by atoms with Gasteiger partial charge in [0.25, 0.3) is 5.91 Å². The van der Waals surface area contributed by atoms with Crippen molar-refractivity contribution in [3.05, 3.63) is 45.8 Å². The van der Waals surface area contributed by atoms with E-state index in [0.29, 0.717) is 30.0 Å². The SMILES string of the molecule is CCCC(C)c1cc(C)c(C(=O)Nc2cnn(CCCC(N)=O)c2)c(=O)o1. The molecule has 2 aromatic heterocycles. The minimum Gasteiger partial charge on any atom is -0.427 e. The monoisotopic (exact) mass is 374 g/mol. The molecule has 0 bridgehead atoms. The quantitative estimate of drug-likeness (QED) is 0.699. The maximum absolute atomic E-state index is 12.5. The summed E-state index contributed by atoms with van der Waals surface area (Å²) >= 11 is 0. The molecule has 146 valence electrons. The lowest BCUT2D eigenvalue weighted by Crippen LogP contribution is -2.23. The van der Waals surface area contributed by atoms with Crippen LogP contribution < -0.4 is 16.7 Å².